The Labute approximate surface area is 264 Å². The van der Waals surface area contributed by atoms with Gasteiger partial charge < -0.3 is 4.74 Å². The molecule has 0 rings (SSSR count). The lowest BCUT2D eigenvalue weighted by Gasteiger charge is -2.27. The molecule has 0 bridgehead atoms. The van der Waals surface area contributed by atoms with E-state index in [-0.39, 0.29) is 18.0 Å². The molecule has 0 aliphatic carbocycles. The largest absolute Gasteiger partial charge is 0.462 e. The van der Waals surface area contributed by atoms with Gasteiger partial charge in [0, 0.05) is 25.2 Å². The molecule has 250 valence electrons. The van der Waals surface area contributed by atoms with Gasteiger partial charge in [0.25, 0.3) is 0 Å². The Balaban J connectivity index is 4.76. The highest BCUT2D eigenvalue weighted by Crippen LogP contribution is 2.27. The zero-order valence-corrected chi connectivity index (χ0v) is 29.3. The molecule has 0 aliphatic rings. The van der Waals surface area contributed by atoms with Crippen LogP contribution in [0.25, 0.3) is 0 Å². The number of unbranched alkanes of at least 4 members (excludes halogenated alkanes) is 22. The van der Waals surface area contributed by atoms with E-state index in [0.717, 1.165) is 44.9 Å². The Bertz CT molecular complexity index is 522. The monoisotopic (exact) mass is 593 g/mol. The van der Waals surface area contributed by atoms with E-state index < -0.39 is 0 Å². The number of carbonyl (C=O) groups excluding carboxylic acids is 2. The molecule has 0 aromatic rings. The van der Waals surface area contributed by atoms with Crippen molar-refractivity contribution in [3.05, 3.63) is 0 Å². The van der Waals surface area contributed by atoms with Crippen LogP contribution in [0.15, 0.2) is 0 Å². The van der Waals surface area contributed by atoms with Crippen molar-refractivity contribution in [2.75, 3.05) is 0 Å². The molecule has 0 aromatic carbocycles. The molecule has 0 radical (unpaired) electrons. The maximum absolute atomic E-state index is 13.1. The summed E-state index contributed by atoms with van der Waals surface area (Å²) in [6, 6.07) is 0. The highest BCUT2D eigenvalue weighted by molar-refractivity contribution is 5.78. The standard InChI is InChI=1S/C39H76O3/c1-5-9-13-17-19-21-23-25-28-32-37(40)35-36(31-27-15-11-7-3)38(33-29-16-12-8-4)42-39(41)34-30-26-24-22-20-18-14-10-6-2/h36,38H,5-35H2,1-4H3. The van der Waals surface area contributed by atoms with Crippen LogP contribution in [0.2, 0.25) is 0 Å². The van der Waals surface area contributed by atoms with Crippen LogP contribution in [0, 0.1) is 5.92 Å². The second-order valence-electron chi connectivity index (χ2n) is 13.4. The van der Waals surface area contributed by atoms with E-state index in [4.69, 9.17) is 4.74 Å². The summed E-state index contributed by atoms with van der Waals surface area (Å²) < 4.78 is 6.23. The van der Waals surface area contributed by atoms with E-state index >= 15 is 0 Å². The zero-order valence-electron chi connectivity index (χ0n) is 29.3. The fraction of sp³-hybridized carbons (Fsp3) is 0.949. The minimum Gasteiger partial charge on any atom is -0.462 e. The summed E-state index contributed by atoms with van der Waals surface area (Å²) in [6.07, 6.45) is 36.1. The minimum atomic E-state index is -0.0818. The van der Waals surface area contributed by atoms with Crippen molar-refractivity contribution in [3.63, 3.8) is 0 Å². The quantitative estimate of drug-likeness (QED) is 0.0551. The second kappa shape index (κ2) is 33.0. The lowest BCUT2D eigenvalue weighted by atomic mass is 9.86. The van der Waals surface area contributed by atoms with Crippen molar-refractivity contribution in [2.24, 2.45) is 5.92 Å². The topological polar surface area (TPSA) is 43.4 Å². The number of ketones is 1. The first-order chi connectivity index (χ1) is 20.6. The molecule has 0 spiro atoms. The van der Waals surface area contributed by atoms with Crippen LogP contribution < -0.4 is 0 Å². The average molecular weight is 593 g/mol. The molecule has 0 aromatic heterocycles. The van der Waals surface area contributed by atoms with Gasteiger partial charge in [-0.15, -0.1) is 0 Å². The minimum absolute atomic E-state index is 0.0246. The molecule has 0 aliphatic heterocycles. The van der Waals surface area contributed by atoms with Gasteiger partial charge in [-0.1, -0.05) is 175 Å². The van der Waals surface area contributed by atoms with E-state index in [1.165, 1.54) is 135 Å². The van der Waals surface area contributed by atoms with Crippen molar-refractivity contribution >= 4 is 11.8 Å². The van der Waals surface area contributed by atoms with Crippen molar-refractivity contribution in [3.8, 4) is 0 Å². The molecule has 0 saturated heterocycles. The van der Waals surface area contributed by atoms with Gasteiger partial charge in [-0.3, -0.25) is 9.59 Å². The summed E-state index contributed by atoms with van der Waals surface area (Å²) in [5.41, 5.74) is 0. The van der Waals surface area contributed by atoms with Gasteiger partial charge >= 0.3 is 5.97 Å². The number of esters is 1. The van der Waals surface area contributed by atoms with Crippen LogP contribution in [-0.2, 0) is 14.3 Å². The van der Waals surface area contributed by atoms with Crippen LogP contribution in [0.1, 0.15) is 227 Å². The molecule has 0 amide bonds. The maximum Gasteiger partial charge on any atom is 0.306 e. The molecular weight excluding hydrogens is 516 g/mol. The number of hydrogen-bond donors (Lipinski definition) is 0. The molecule has 0 fully saturated rings. The highest BCUT2D eigenvalue weighted by atomic mass is 16.5. The fourth-order valence-electron chi connectivity index (χ4n) is 6.25. The summed E-state index contributed by atoms with van der Waals surface area (Å²) in [5.74, 6) is 0.567. The van der Waals surface area contributed by atoms with Gasteiger partial charge in [-0.05, 0) is 32.1 Å². The van der Waals surface area contributed by atoms with Crippen molar-refractivity contribution in [1.29, 1.82) is 0 Å². The van der Waals surface area contributed by atoms with Gasteiger partial charge in [-0.25, -0.2) is 0 Å². The summed E-state index contributed by atoms with van der Waals surface area (Å²) >= 11 is 0. The Morgan fingerprint density at radius 2 is 0.786 bits per heavy atom. The second-order valence-corrected chi connectivity index (χ2v) is 13.4. The Kier molecular flexibility index (Phi) is 32.4. The zero-order chi connectivity index (χ0) is 30.9. The van der Waals surface area contributed by atoms with E-state index in [1.807, 2.05) is 0 Å². The Morgan fingerprint density at radius 1 is 0.429 bits per heavy atom. The third-order valence-electron chi connectivity index (χ3n) is 9.11. The first-order valence-corrected chi connectivity index (χ1v) is 19.3. The molecule has 3 nitrogen and oxygen atoms in total. The molecule has 42 heavy (non-hydrogen) atoms. The molecule has 0 N–H and O–H groups in total. The predicted molar refractivity (Wildman–Crippen MR) is 184 cm³/mol. The smallest absolute Gasteiger partial charge is 0.306 e. The van der Waals surface area contributed by atoms with Crippen molar-refractivity contribution in [1.82, 2.24) is 0 Å². The van der Waals surface area contributed by atoms with Gasteiger partial charge in [0.2, 0.25) is 0 Å². The molecule has 3 heteroatoms. The Morgan fingerprint density at radius 3 is 1.24 bits per heavy atom. The summed E-state index contributed by atoms with van der Waals surface area (Å²) in [7, 11) is 0. The van der Waals surface area contributed by atoms with Crippen LogP contribution in [0.4, 0.5) is 0 Å². The first-order valence-electron chi connectivity index (χ1n) is 19.3. The number of Topliss-reactive ketones (excluding diaryl/α,β-unsaturated/α-hetero) is 1. The first kappa shape index (κ1) is 41.1. The molecular formula is C39H76O3. The summed E-state index contributed by atoms with van der Waals surface area (Å²) in [6.45, 7) is 9.02. The molecule has 2 unspecified atom stereocenters. The summed E-state index contributed by atoms with van der Waals surface area (Å²) in [5, 5.41) is 0. The third-order valence-corrected chi connectivity index (χ3v) is 9.11. The predicted octanol–water partition coefficient (Wildman–Crippen LogP) is 13.3. The van der Waals surface area contributed by atoms with Gasteiger partial charge in [0.05, 0.1) is 0 Å². The lowest BCUT2D eigenvalue weighted by molar-refractivity contribution is -0.153. The van der Waals surface area contributed by atoms with Gasteiger partial charge in [0.1, 0.15) is 11.9 Å². The third kappa shape index (κ3) is 27.9. The van der Waals surface area contributed by atoms with E-state index in [2.05, 4.69) is 27.7 Å². The highest BCUT2D eigenvalue weighted by Gasteiger charge is 2.27. The number of hydrogen-bond acceptors (Lipinski definition) is 3. The summed E-state index contributed by atoms with van der Waals surface area (Å²) in [4.78, 5) is 26.1. The van der Waals surface area contributed by atoms with Gasteiger partial charge in [0.15, 0.2) is 0 Å². The molecule has 0 saturated carbocycles. The van der Waals surface area contributed by atoms with Crippen molar-refractivity contribution < 1.29 is 14.3 Å². The SMILES string of the molecule is CCCCCCCCCCCC(=O)CC(CCCCCC)C(CCCCCC)OC(=O)CCCCCCCCCCC. The van der Waals surface area contributed by atoms with E-state index in [1.54, 1.807) is 0 Å². The fourth-order valence-corrected chi connectivity index (χ4v) is 6.25. The molecule has 2 atom stereocenters. The normalized spacial score (nSPS) is 12.9. The van der Waals surface area contributed by atoms with Crippen LogP contribution in [0.5, 0.6) is 0 Å². The van der Waals surface area contributed by atoms with Crippen LogP contribution in [-0.4, -0.2) is 17.9 Å². The molecule has 0 heterocycles. The Hall–Kier alpha value is -0.860. The number of carbonyl (C=O) groups is 2. The van der Waals surface area contributed by atoms with Crippen LogP contribution in [0.3, 0.4) is 0 Å². The van der Waals surface area contributed by atoms with Crippen molar-refractivity contribution in [2.45, 2.75) is 233 Å². The average Bonchev–Trinajstić information content (AvgIpc) is 2.98. The number of ether oxygens (including phenoxy) is 1. The van der Waals surface area contributed by atoms with E-state index in [9.17, 15) is 9.59 Å². The maximum atomic E-state index is 13.1. The lowest BCUT2D eigenvalue weighted by Crippen LogP contribution is -2.29. The van der Waals surface area contributed by atoms with E-state index in [0.29, 0.717) is 25.0 Å². The number of rotatable bonds is 34. The van der Waals surface area contributed by atoms with Gasteiger partial charge in [-0.2, -0.15) is 0 Å². The van der Waals surface area contributed by atoms with Crippen LogP contribution >= 0.6 is 0 Å².